The third-order valence-electron chi connectivity index (χ3n) is 5.62. The fourth-order valence-electron chi connectivity index (χ4n) is 3.84. The maximum Gasteiger partial charge on any atom is 0.261 e. The van der Waals surface area contributed by atoms with Crippen LogP contribution in [0.2, 0.25) is 0 Å². The summed E-state index contributed by atoms with van der Waals surface area (Å²) in [6.07, 6.45) is 3.58. The molecule has 1 saturated heterocycles. The van der Waals surface area contributed by atoms with Crippen LogP contribution in [0.1, 0.15) is 36.5 Å². The number of hydrogen-bond acceptors (Lipinski definition) is 7. The smallest absolute Gasteiger partial charge is 0.261 e. The summed E-state index contributed by atoms with van der Waals surface area (Å²) in [5, 5.41) is 2.89. The summed E-state index contributed by atoms with van der Waals surface area (Å²) in [7, 11) is -1.07. The zero-order valence-electron chi connectivity index (χ0n) is 19.9. The van der Waals surface area contributed by atoms with Crippen LogP contribution >= 0.6 is 0 Å². The summed E-state index contributed by atoms with van der Waals surface area (Å²) in [5.74, 6) is 0.799. The number of carbonyl (C=O) groups is 1. The Morgan fingerprint density at radius 1 is 1.00 bits per heavy atom. The van der Waals surface area contributed by atoms with E-state index in [0.717, 1.165) is 19.6 Å². The maximum absolute atomic E-state index is 13.1. The van der Waals surface area contributed by atoms with Crippen molar-refractivity contribution in [3.05, 3.63) is 42.0 Å². The van der Waals surface area contributed by atoms with Crippen molar-refractivity contribution in [2.45, 2.75) is 31.1 Å². The SMILES string of the molecule is CCOc1ccc(S(=O)(=O)Nc2cc(OC)c(OC)cc2C(=O)NCCN2CCCCC2)cc1. The molecule has 186 valence electrons. The number of piperidine rings is 1. The number of sulfonamides is 1. The Balaban J connectivity index is 1.82. The number of hydrogen-bond donors (Lipinski definition) is 2. The first-order valence-corrected chi connectivity index (χ1v) is 12.9. The average molecular weight is 492 g/mol. The van der Waals surface area contributed by atoms with Crippen LogP contribution in [0.5, 0.6) is 17.2 Å². The summed E-state index contributed by atoms with van der Waals surface area (Å²) in [6.45, 7) is 5.58. The van der Waals surface area contributed by atoms with Crippen molar-refractivity contribution in [3.63, 3.8) is 0 Å². The van der Waals surface area contributed by atoms with Crippen molar-refractivity contribution in [2.75, 3.05) is 51.7 Å². The van der Waals surface area contributed by atoms with E-state index in [1.807, 2.05) is 6.92 Å². The number of nitrogens with zero attached hydrogens (tertiary/aromatic N) is 1. The van der Waals surface area contributed by atoms with Gasteiger partial charge in [0, 0.05) is 19.2 Å². The minimum absolute atomic E-state index is 0.0437. The van der Waals surface area contributed by atoms with Crippen molar-refractivity contribution >= 4 is 21.6 Å². The Kier molecular flexibility index (Phi) is 9.00. The van der Waals surface area contributed by atoms with Gasteiger partial charge in [0.1, 0.15) is 5.75 Å². The number of rotatable bonds is 11. The highest BCUT2D eigenvalue weighted by molar-refractivity contribution is 7.92. The summed E-state index contributed by atoms with van der Waals surface area (Å²) < 4.78 is 44.7. The van der Waals surface area contributed by atoms with Gasteiger partial charge in [0.25, 0.3) is 15.9 Å². The predicted molar refractivity (Wildman–Crippen MR) is 131 cm³/mol. The van der Waals surface area contributed by atoms with E-state index in [1.165, 1.54) is 57.7 Å². The molecule has 2 aromatic carbocycles. The Morgan fingerprint density at radius 2 is 1.65 bits per heavy atom. The number of nitrogens with one attached hydrogen (secondary N) is 2. The van der Waals surface area contributed by atoms with Crippen LogP contribution in [0.3, 0.4) is 0 Å². The van der Waals surface area contributed by atoms with Crippen LogP contribution < -0.4 is 24.2 Å². The fourth-order valence-corrected chi connectivity index (χ4v) is 4.91. The first kappa shape index (κ1) is 25.6. The normalized spacial score (nSPS) is 14.3. The topological polar surface area (TPSA) is 106 Å². The number of methoxy groups -OCH3 is 2. The standard InChI is InChI=1S/C24H33N3O6S/c1-4-33-18-8-10-19(11-9-18)34(29,30)26-21-17-23(32-3)22(31-2)16-20(21)24(28)25-12-15-27-13-6-5-7-14-27/h8-11,16-17,26H,4-7,12-15H2,1-3H3,(H,25,28). The zero-order chi connectivity index (χ0) is 24.6. The van der Waals surface area contributed by atoms with Crippen LogP contribution in [0.25, 0.3) is 0 Å². The van der Waals surface area contributed by atoms with Crippen LogP contribution in [-0.2, 0) is 10.0 Å². The van der Waals surface area contributed by atoms with E-state index in [1.54, 1.807) is 12.1 Å². The second-order valence-corrected chi connectivity index (χ2v) is 9.60. The van der Waals surface area contributed by atoms with Crippen LogP contribution in [0, 0.1) is 0 Å². The highest BCUT2D eigenvalue weighted by Crippen LogP contribution is 2.34. The van der Waals surface area contributed by atoms with E-state index in [9.17, 15) is 13.2 Å². The molecule has 2 N–H and O–H groups in total. The second-order valence-electron chi connectivity index (χ2n) is 7.92. The Labute approximate surface area is 201 Å². The van der Waals surface area contributed by atoms with Crippen molar-refractivity contribution in [3.8, 4) is 17.2 Å². The van der Waals surface area contributed by atoms with E-state index in [4.69, 9.17) is 14.2 Å². The van der Waals surface area contributed by atoms with Gasteiger partial charge in [0.2, 0.25) is 0 Å². The molecule has 0 aliphatic carbocycles. The molecule has 2 aromatic rings. The molecule has 1 fully saturated rings. The first-order chi connectivity index (χ1) is 16.4. The molecule has 0 aromatic heterocycles. The van der Waals surface area contributed by atoms with Crippen molar-refractivity contribution in [1.29, 1.82) is 0 Å². The van der Waals surface area contributed by atoms with E-state index in [2.05, 4.69) is 14.9 Å². The summed E-state index contributed by atoms with van der Waals surface area (Å²) in [5.41, 5.74) is 0.243. The molecular formula is C24H33N3O6S. The van der Waals surface area contributed by atoms with E-state index >= 15 is 0 Å². The first-order valence-electron chi connectivity index (χ1n) is 11.4. The monoisotopic (exact) mass is 491 g/mol. The molecule has 1 heterocycles. The third-order valence-corrected chi connectivity index (χ3v) is 7.00. The number of ether oxygens (including phenoxy) is 3. The lowest BCUT2D eigenvalue weighted by molar-refractivity contribution is 0.0947. The Hall–Kier alpha value is -2.98. The molecule has 1 aliphatic heterocycles. The van der Waals surface area contributed by atoms with Gasteiger partial charge in [0.15, 0.2) is 11.5 Å². The van der Waals surface area contributed by atoms with Gasteiger partial charge in [-0.1, -0.05) is 6.42 Å². The summed E-state index contributed by atoms with van der Waals surface area (Å²) in [4.78, 5) is 15.4. The third kappa shape index (κ3) is 6.54. The van der Waals surface area contributed by atoms with E-state index < -0.39 is 15.9 Å². The van der Waals surface area contributed by atoms with Gasteiger partial charge in [-0.3, -0.25) is 9.52 Å². The van der Waals surface area contributed by atoms with Crippen LogP contribution in [0.15, 0.2) is 41.3 Å². The number of benzene rings is 2. The highest BCUT2D eigenvalue weighted by atomic mass is 32.2. The molecule has 0 saturated carbocycles. The number of carbonyl (C=O) groups excluding carboxylic acids is 1. The quantitative estimate of drug-likeness (QED) is 0.497. The lowest BCUT2D eigenvalue weighted by Gasteiger charge is -2.26. The molecule has 10 heteroatoms. The molecule has 1 amide bonds. The van der Waals surface area contributed by atoms with Gasteiger partial charge in [0.05, 0.1) is 37.0 Å². The van der Waals surface area contributed by atoms with Crippen molar-refractivity contribution < 1.29 is 27.4 Å². The number of amides is 1. The minimum Gasteiger partial charge on any atom is -0.494 e. The largest absolute Gasteiger partial charge is 0.494 e. The van der Waals surface area contributed by atoms with Crippen molar-refractivity contribution in [2.24, 2.45) is 0 Å². The van der Waals surface area contributed by atoms with Gasteiger partial charge >= 0.3 is 0 Å². The minimum atomic E-state index is -3.97. The van der Waals surface area contributed by atoms with Gasteiger partial charge < -0.3 is 24.4 Å². The lowest BCUT2D eigenvalue weighted by Crippen LogP contribution is -2.37. The number of anilines is 1. The summed E-state index contributed by atoms with van der Waals surface area (Å²) in [6, 6.07) is 9.00. The Morgan fingerprint density at radius 3 is 2.26 bits per heavy atom. The number of likely N-dealkylation sites (tertiary alicyclic amines) is 1. The summed E-state index contributed by atoms with van der Waals surface area (Å²) >= 11 is 0. The van der Waals surface area contributed by atoms with Gasteiger partial charge in [-0.05, 0) is 63.2 Å². The Bertz CT molecular complexity index is 1070. The van der Waals surface area contributed by atoms with Crippen LogP contribution in [-0.4, -0.2) is 66.2 Å². The molecule has 0 atom stereocenters. The second kappa shape index (κ2) is 11.9. The average Bonchev–Trinajstić information content (AvgIpc) is 2.84. The molecule has 9 nitrogen and oxygen atoms in total. The zero-order valence-corrected chi connectivity index (χ0v) is 20.7. The van der Waals surface area contributed by atoms with Crippen LogP contribution in [0.4, 0.5) is 5.69 Å². The molecule has 0 unspecified atom stereocenters. The molecule has 0 radical (unpaired) electrons. The fraction of sp³-hybridized carbons (Fsp3) is 0.458. The van der Waals surface area contributed by atoms with Crippen molar-refractivity contribution in [1.82, 2.24) is 10.2 Å². The molecular weight excluding hydrogens is 458 g/mol. The van der Waals surface area contributed by atoms with E-state index in [-0.39, 0.29) is 16.1 Å². The maximum atomic E-state index is 13.1. The van der Waals surface area contributed by atoms with E-state index in [0.29, 0.717) is 30.4 Å². The predicted octanol–water partition coefficient (Wildman–Crippen LogP) is 3.12. The highest BCUT2D eigenvalue weighted by Gasteiger charge is 2.22. The van der Waals surface area contributed by atoms with Gasteiger partial charge in [-0.15, -0.1) is 0 Å². The molecule has 0 bridgehead atoms. The molecule has 1 aliphatic rings. The van der Waals surface area contributed by atoms with Gasteiger partial charge in [-0.25, -0.2) is 8.42 Å². The van der Waals surface area contributed by atoms with Gasteiger partial charge in [-0.2, -0.15) is 0 Å². The molecule has 3 rings (SSSR count). The lowest BCUT2D eigenvalue weighted by atomic mass is 10.1. The molecule has 34 heavy (non-hydrogen) atoms. The molecule has 0 spiro atoms.